The van der Waals surface area contributed by atoms with E-state index in [2.05, 4.69) is 0 Å². The second kappa shape index (κ2) is 7.87. The highest BCUT2D eigenvalue weighted by Gasteiger charge is 2.37. The molecule has 0 radical (unpaired) electrons. The summed E-state index contributed by atoms with van der Waals surface area (Å²) >= 11 is 6.08. The molecule has 5 heteroatoms. The Morgan fingerprint density at radius 2 is 1.68 bits per heavy atom. The first-order valence-electron chi connectivity index (χ1n) is 9.01. The van der Waals surface area contributed by atoms with Crippen LogP contribution in [0.2, 0.25) is 5.02 Å². The van der Waals surface area contributed by atoms with Gasteiger partial charge in [-0.05, 0) is 29.3 Å². The van der Waals surface area contributed by atoms with E-state index in [1.807, 2.05) is 60.7 Å². The maximum atomic E-state index is 13.1. The molecule has 28 heavy (non-hydrogen) atoms. The van der Waals surface area contributed by atoms with E-state index in [9.17, 15) is 9.59 Å². The van der Waals surface area contributed by atoms with Crippen LogP contribution in [0.25, 0.3) is 0 Å². The number of nitrogens with zero attached hydrogens (tertiary/aromatic N) is 1. The maximum absolute atomic E-state index is 13.1. The zero-order valence-electron chi connectivity index (χ0n) is 15.0. The lowest BCUT2D eigenvalue weighted by atomic mass is 9.90. The van der Waals surface area contributed by atoms with Gasteiger partial charge in [0.15, 0.2) is 5.78 Å². The van der Waals surface area contributed by atoms with E-state index < -0.39 is 12.1 Å². The van der Waals surface area contributed by atoms with Crippen LogP contribution in [0, 0.1) is 0 Å². The summed E-state index contributed by atoms with van der Waals surface area (Å²) in [4.78, 5) is 27.4. The summed E-state index contributed by atoms with van der Waals surface area (Å²) in [7, 11) is 0. The zero-order chi connectivity index (χ0) is 19.5. The molecule has 0 saturated heterocycles. The Bertz CT molecular complexity index is 1000. The summed E-state index contributed by atoms with van der Waals surface area (Å²) in [6.07, 6.45) is -0.314. The molecule has 0 aromatic heterocycles. The minimum atomic E-state index is -0.492. The molecule has 0 N–H and O–H groups in total. The summed E-state index contributed by atoms with van der Waals surface area (Å²) in [6, 6.07) is 23.6. The third-order valence-electron chi connectivity index (χ3n) is 4.80. The number of halogens is 1. The van der Waals surface area contributed by atoms with Crippen molar-refractivity contribution in [1.82, 2.24) is 0 Å². The number of hydrogen-bond acceptors (Lipinski definition) is 3. The first-order valence-corrected chi connectivity index (χ1v) is 9.39. The molecule has 4 nitrogen and oxygen atoms in total. The first-order chi connectivity index (χ1) is 13.6. The van der Waals surface area contributed by atoms with Gasteiger partial charge < -0.3 is 4.74 Å². The van der Waals surface area contributed by atoms with Gasteiger partial charge in [0.1, 0.15) is 6.61 Å². The number of hydrogen-bond donors (Lipinski definition) is 0. The summed E-state index contributed by atoms with van der Waals surface area (Å²) in [5, 5.41) is 0.461. The van der Waals surface area contributed by atoms with Crippen LogP contribution < -0.4 is 4.90 Å². The standard InChI is InChI=1S/C23H18ClNO3/c24-18-11-12-20-19(13-18)22(26)14-21(17-9-5-2-6-10-17)25(20)23(27)28-15-16-7-3-1-4-8-16/h1-13,21H,14-15H2/t21-/m1/s1. The fraction of sp³-hybridized carbons (Fsp3) is 0.130. The second-order valence-electron chi connectivity index (χ2n) is 6.63. The predicted octanol–water partition coefficient (Wildman–Crippen LogP) is 5.81. The number of fused-ring (bicyclic) bond motifs is 1. The minimum absolute atomic E-state index is 0.0431. The molecule has 0 unspecified atom stereocenters. The highest BCUT2D eigenvalue weighted by Crippen LogP contribution is 2.40. The van der Waals surface area contributed by atoms with Crippen LogP contribution >= 0.6 is 11.6 Å². The Morgan fingerprint density at radius 1 is 1.00 bits per heavy atom. The van der Waals surface area contributed by atoms with Gasteiger partial charge in [-0.15, -0.1) is 0 Å². The van der Waals surface area contributed by atoms with Gasteiger partial charge in [-0.1, -0.05) is 72.3 Å². The molecule has 3 aromatic rings. The van der Waals surface area contributed by atoms with E-state index >= 15 is 0 Å². The van der Waals surface area contributed by atoms with Crippen LogP contribution in [0.3, 0.4) is 0 Å². The van der Waals surface area contributed by atoms with Crippen LogP contribution in [0.5, 0.6) is 0 Å². The third-order valence-corrected chi connectivity index (χ3v) is 5.03. The molecule has 0 spiro atoms. The van der Waals surface area contributed by atoms with E-state index in [1.54, 1.807) is 23.1 Å². The predicted molar refractivity (Wildman–Crippen MR) is 109 cm³/mol. The van der Waals surface area contributed by atoms with Crippen LogP contribution in [0.1, 0.15) is 33.9 Å². The third kappa shape index (κ3) is 3.64. The van der Waals surface area contributed by atoms with Gasteiger partial charge in [0.25, 0.3) is 0 Å². The van der Waals surface area contributed by atoms with Crippen molar-refractivity contribution in [1.29, 1.82) is 0 Å². The molecule has 1 amide bonds. The summed E-state index contributed by atoms with van der Waals surface area (Å²) in [5.41, 5.74) is 2.74. The lowest BCUT2D eigenvalue weighted by Gasteiger charge is -2.36. The van der Waals surface area contributed by atoms with E-state index in [4.69, 9.17) is 16.3 Å². The number of amides is 1. The molecule has 0 fully saturated rings. The maximum Gasteiger partial charge on any atom is 0.415 e. The molecule has 4 rings (SSSR count). The van der Waals surface area contributed by atoms with E-state index in [0.29, 0.717) is 16.3 Å². The fourth-order valence-electron chi connectivity index (χ4n) is 3.44. The van der Waals surface area contributed by atoms with Crippen molar-refractivity contribution in [3.63, 3.8) is 0 Å². The van der Waals surface area contributed by atoms with Gasteiger partial charge in [-0.3, -0.25) is 9.69 Å². The molecule has 0 aliphatic carbocycles. The van der Waals surface area contributed by atoms with Crippen LogP contribution in [0.15, 0.2) is 78.9 Å². The summed E-state index contributed by atoms with van der Waals surface area (Å²) < 4.78 is 5.58. The number of benzene rings is 3. The Hall–Kier alpha value is -3.11. The number of carbonyl (C=O) groups excluding carboxylic acids is 2. The monoisotopic (exact) mass is 391 g/mol. The molecular weight excluding hydrogens is 374 g/mol. The van der Waals surface area contributed by atoms with Crippen molar-refractivity contribution in [3.8, 4) is 0 Å². The lowest BCUT2D eigenvalue weighted by Crippen LogP contribution is -2.40. The van der Waals surface area contributed by atoms with Gasteiger partial charge >= 0.3 is 6.09 Å². The number of rotatable bonds is 3. The minimum Gasteiger partial charge on any atom is -0.444 e. The molecule has 0 saturated carbocycles. The highest BCUT2D eigenvalue weighted by atomic mass is 35.5. The molecule has 1 aliphatic rings. The molecule has 1 aliphatic heterocycles. The van der Waals surface area contributed by atoms with E-state index in [0.717, 1.165) is 11.1 Å². The normalized spacial score (nSPS) is 15.8. The highest BCUT2D eigenvalue weighted by molar-refractivity contribution is 6.31. The fourth-order valence-corrected chi connectivity index (χ4v) is 3.62. The molecule has 0 bridgehead atoms. The van der Waals surface area contributed by atoms with Gasteiger partial charge in [-0.25, -0.2) is 4.79 Å². The smallest absolute Gasteiger partial charge is 0.415 e. The average Bonchev–Trinajstić information content (AvgIpc) is 2.73. The van der Waals surface area contributed by atoms with Crippen LogP contribution in [0.4, 0.5) is 10.5 Å². The van der Waals surface area contributed by atoms with Crippen LogP contribution in [-0.2, 0) is 11.3 Å². The Labute approximate surface area is 168 Å². The molecule has 1 atom stereocenters. The van der Waals surface area contributed by atoms with Crippen molar-refractivity contribution in [2.24, 2.45) is 0 Å². The quantitative estimate of drug-likeness (QED) is 0.565. The van der Waals surface area contributed by atoms with Crippen molar-refractivity contribution in [2.45, 2.75) is 19.1 Å². The van der Waals surface area contributed by atoms with Crippen molar-refractivity contribution in [2.75, 3.05) is 4.90 Å². The number of Topliss-reactive ketones (excluding diaryl/α,β-unsaturated/α-hetero) is 1. The SMILES string of the molecule is O=C1C[C@H](c2ccccc2)N(C(=O)OCc2ccccc2)c2ccc(Cl)cc21. The van der Waals surface area contributed by atoms with Gasteiger partial charge in [0, 0.05) is 17.0 Å². The number of carbonyl (C=O) groups is 2. The largest absolute Gasteiger partial charge is 0.444 e. The molecular formula is C23H18ClNO3. The van der Waals surface area contributed by atoms with Gasteiger partial charge in [0.05, 0.1) is 11.7 Å². The molecule has 3 aromatic carbocycles. The number of anilines is 1. The lowest BCUT2D eigenvalue weighted by molar-refractivity contribution is 0.0961. The Kier molecular flexibility index (Phi) is 5.13. The van der Waals surface area contributed by atoms with Gasteiger partial charge in [-0.2, -0.15) is 0 Å². The topological polar surface area (TPSA) is 46.6 Å². The van der Waals surface area contributed by atoms with Crippen LogP contribution in [-0.4, -0.2) is 11.9 Å². The Balaban J connectivity index is 1.69. The zero-order valence-corrected chi connectivity index (χ0v) is 15.8. The first kappa shape index (κ1) is 18.3. The summed E-state index contributed by atoms with van der Waals surface area (Å²) in [5.74, 6) is -0.0431. The molecule has 1 heterocycles. The van der Waals surface area contributed by atoms with E-state index in [1.165, 1.54) is 0 Å². The van der Waals surface area contributed by atoms with Crippen molar-refractivity contribution in [3.05, 3.63) is 101 Å². The molecule has 140 valence electrons. The van der Waals surface area contributed by atoms with E-state index in [-0.39, 0.29) is 18.8 Å². The van der Waals surface area contributed by atoms with Gasteiger partial charge in [0.2, 0.25) is 0 Å². The second-order valence-corrected chi connectivity index (χ2v) is 7.06. The van der Waals surface area contributed by atoms with Crippen molar-refractivity contribution >= 4 is 29.2 Å². The number of ketones is 1. The number of ether oxygens (including phenoxy) is 1. The summed E-state index contributed by atoms with van der Waals surface area (Å²) in [6.45, 7) is 0.161. The Morgan fingerprint density at radius 3 is 2.39 bits per heavy atom. The average molecular weight is 392 g/mol. The van der Waals surface area contributed by atoms with Crippen molar-refractivity contribution < 1.29 is 14.3 Å².